The summed E-state index contributed by atoms with van der Waals surface area (Å²) in [7, 11) is 1.59. The Morgan fingerprint density at radius 2 is 1.92 bits per heavy atom. The lowest BCUT2D eigenvalue weighted by molar-refractivity contribution is 0.0733. The van der Waals surface area contributed by atoms with Gasteiger partial charge in [0.1, 0.15) is 17.3 Å². The summed E-state index contributed by atoms with van der Waals surface area (Å²) in [5.41, 5.74) is 2.28. The van der Waals surface area contributed by atoms with Crippen LogP contribution in [0.4, 0.5) is 5.69 Å². The minimum absolute atomic E-state index is 0. The van der Waals surface area contributed by atoms with E-state index >= 15 is 0 Å². The molecule has 2 aromatic rings. The molecule has 0 bridgehead atoms. The van der Waals surface area contributed by atoms with E-state index in [1.807, 2.05) is 19.1 Å². The van der Waals surface area contributed by atoms with E-state index in [1.165, 1.54) is 0 Å². The molecule has 0 radical (unpaired) electrons. The number of ether oxygens (including phenoxy) is 2. The highest BCUT2D eigenvalue weighted by Crippen LogP contribution is 2.27. The summed E-state index contributed by atoms with van der Waals surface area (Å²) < 4.78 is 10.6. The summed E-state index contributed by atoms with van der Waals surface area (Å²) in [5.74, 6) is 1.83. The van der Waals surface area contributed by atoms with Gasteiger partial charge < -0.3 is 14.8 Å². The topological polar surface area (TPSA) is 59.9 Å². The van der Waals surface area contributed by atoms with Gasteiger partial charge in [-0.1, -0.05) is 6.07 Å². The van der Waals surface area contributed by atoms with Crippen LogP contribution in [0.3, 0.4) is 0 Å². The molecule has 1 heterocycles. The largest absolute Gasteiger partial charge is 0.497 e. The number of rotatable bonds is 4. The number of hydrogen-bond acceptors (Lipinski definition) is 5. The van der Waals surface area contributed by atoms with Crippen molar-refractivity contribution in [1.82, 2.24) is 0 Å². The van der Waals surface area contributed by atoms with Crippen molar-refractivity contribution in [2.45, 2.75) is 19.8 Å². The zero-order chi connectivity index (χ0) is 16.9. The number of carbonyl (C=O) groups excluding carboxylic acids is 1. The van der Waals surface area contributed by atoms with Gasteiger partial charge in [-0.3, -0.25) is 4.99 Å². The number of anilines is 1. The maximum Gasteiger partial charge on any atom is 0.343 e. The summed E-state index contributed by atoms with van der Waals surface area (Å²) >= 11 is 0. The van der Waals surface area contributed by atoms with Gasteiger partial charge in [-0.05, 0) is 49.7 Å². The molecule has 1 aliphatic heterocycles. The highest BCUT2D eigenvalue weighted by atomic mass is 35.5. The predicted molar refractivity (Wildman–Crippen MR) is 102 cm³/mol. The first-order valence-electron chi connectivity index (χ1n) is 7.93. The summed E-state index contributed by atoms with van der Waals surface area (Å²) in [4.78, 5) is 16.7. The number of amidine groups is 1. The van der Waals surface area contributed by atoms with Gasteiger partial charge in [0, 0.05) is 24.2 Å². The molecule has 2 aromatic carbocycles. The monoisotopic (exact) mass is 360 g/mol. The Balaban J connectivity index is 0.00000225. The normalized spacial score (nSPS) is 12.8. The van der Waals surface area contributed by atoms with Gasteiger partial charge in [-0.15, -0.1) is 12.4 Å². The molecule has 0 saturated heterocycles. The third-order valence-corrected chi connectivity index (χ3v) is 3.97. The number of benzene rings is 2. The third-order valence-electron chi connectivity index (χ3n) is 3.97. The average Bonchev–Trinajstić information content (AvgIpc) is 3.11. The fraction of sp³-hybridized carbons (Fsp3) is 0.263. The van der Waals surface area contributed by atoms with Crippen LogP contribution < -0.4 is 14.8 Å². The van der Waals surface area contributed by atoms with Gasteiger partial charge >= 0.3 is 5.97 Å². The number of methoxy groups -OCH3 is 1. The highest BCUT2D eigenvalue weighted by molar-refractivity contribution is 5.97. The van der Waals surface area contributed by atoms with Crippen molar-refractivity contribution >= 4 is 29.9 Å². The van der Waals surface area contributed by atoms with E-state index in [4.69, 9.17) is 9.47 Å². The highest BCUT2D eigenvalue weighted by Gasteiger charge is 2.14. The standard InChI is InChI=1S/C19H20N2O3.ClH/c1-13-16(21-18-7-4-12-20-18)5-3-6-17(13)24-19(22)14-8-10-15(23-2)11-9-14;/h3,5-6,8-11H,4,7,12H2,1-2H3,(H,20,21);1H. The molecule has 0 aliphatic carbocycles. The molecular formula is C19H21ClN2O3. The van der Waals surface area contributed by atoms with Crippen LogP contribution in [0.1, 0.15) is 28.8 Å². The van der Waals surface area contributed by atoms with E-state index < -0.39 is 5.97 Å². The Hall–Kier alpha value is -2.53. The average molecular weight is 361 g/mol. The number of nitrogens with zero attached hydrogens (tertiary/aromatic N) is 1. The van der Waals surface area contributed by atoms with E-state index in [0.29, 0.717) is 17.1 Å². The molecule has 0 unspecified atom stereocenters. The second-order valence-corrected chi connectivity index (χ2v) is 5.60. The van der Waals surface area contributed by atoms with Crippen LogP contribution in [0.15, 0.2) is 47.5 Å². The lowest BCUT2D eigenvalue weighted by atomic mass is 10.1. The summed E-state index contributed by atoms with van der Waals surface area (Å²) in [6, 6.07) is 12.5. The van der Waals surface area contributed by atoms with Crippen LogP contribution in [0.25, 0.3) is 0 Å². The first kappa shape index (κ1) is 18.8. The number of esters is 1. The molecule has 0 atom stereocenters. The zero-order valence-corrected chi connectivity index (χ0v) is 15.1. The molecule has 1 aliphatic rings. The molecule has 25 heavy (non-hydrogen) atoms. The molecule has 3 rings (SSSR count). The van der Waals surface area contributed by atoms with Crippen LogP contribution in [0, 0.1) is 6.92 Å². The SMILES string of the molecule is COc1ccc(C(=O)Oc2cccc(NC3=NCCC3)c2C)cc1.Cl. The summed E-state index contributed by atoms with van der Waals surface area (Å²) in [5, 5.41) is 3.32. The molecule has 6 heteroatoms. The fourth-order valence-corrected chi connectivity index (χ4v) is 2.54. The van der Waals surface area contributed by atoms with Crippen LogP contribution in [-0.4, -0.2) is 25.5 Å². The second-order valence-electron chi connectivity index (χ2n) is 5.60. The Morgan fingerprint density at radius 1 is 1.16 bits per heavy atom. The molecule has 0 fully saturated rings. The van der Waals surface area contributed by atoms with Crippen molar-refractivity contribution < 1.29 is 14.3 Å². The van der Waals surface area contributed by atoms with Gasteiger partial charge in [-0.25, -0.2) is 4.79 Å². The Morgan fingerprint density at radius 3 is 2.56 bits per heavy atom. The van der Waals surface area contributed by atoms with E-state index in [2.05, 4.69) is 10.3 Å². The van der Waals surface area contributed by atoms with Crippen molar-refractivity contribution in [3.05, 3.63) is 53.6 Å². The van der Waals surface area contributed by atoms with Crippen LogP contribution in [0.2, 0.25) is 0 Å². The van der Waals surface area contributed by atoms with Gasteiger partial charge in [0.2, 0.25) is 0 Å². The number of halogens is 1. The minimum Gasteiger partial charge on any atom is -0.497 e. The second kappa shape index (κ2) is 8.53. The molecule has 132 valence electrons. The molecule has 0 aromatic heterocycles. The van der Waals surface area contributed by atoms with Crippen molar-refractivity contribution in [3.8, 4) is 11.5 Å². The fourth-order valence-electron chi connectivity index (χ4n) is 2.54. The van der Waals surface area contributed by atoms with Crippen LogP contribution in [-0.2, 0) is 0 Å². The lowest BCUT2D eigenvalue weighted by Crippen LogP contribution is -2.12. The van der Waals surface area contributed by atoms with Crippen molar-refractivity contribution in [2.24, 2.45) is 4.99 Å². The zero-order valence-electron chi connectivity index (χ0n) is 14.2. The number of nitrogens with one attached hydrogen (secondary N) is 1. The van der Waals surface area contributed by atoms with Gasteiger partial charge in [0.05, 0.1) is 12.7 Å². The predicted octanol–water partition coefficient (Wildman–Crippen LogP) is 4.25. The molecular weight excluding hydrogens is 340 g/mol. The quantitative estimate of drug-likeness (QED) is 0.654. The Kier molecular flexibility index (Phi) is 6.42. The van der Waals surface area contributed by atoms with E-state index in [9.17, 15) is 4.79 Å². The van der Waals surface area contributed by atoms with Gasteiger partial charge in [0.25, 0.3) is 0 Å². The molecule has 1 N–H and O–H groups in total. The van der Waals surface area contributed by atoms with E-state index in [0.717, 1.165) is 36.5 Å². The molecule has 5 nitrogen and oxygen atoms in total. The summed E-state index contributed by atoms with van der Waals surface area (Å²) in [6.45, 7) is 2.79. The first-order valence-corrected chi connectivity index (χ1v) is 7.93. The minimum atomic E-state index is -0.392. The van der Waals surface area contributed by atoms with E-state index in [1.54, 1.807) is 37.4 Å². The maximum atomic E-state index is 12.3. The molecule has 0 amide bonds. The first-order chi connectivity index (χ1) is 11.7. The maximum absolute atomic E-state index is 12.3. The van der Waals surface area contributed by atoms with Crippen molar-refractivity contribution in [1.29, 1.82) is 0 Å². The summed E-state index contributed by atoms with van der Waals surface area (Å²) in [6.07, 6.45) is 2.03. The van der Waals surface area contributed by atoms with Crippen LogP contribution >= 0.6 is 12.4 Å². The number of carbonyl (C=O) groups is 1. The number of hydrogen-bond donors (Lipinski definition) is 1. The number of aliphatic imine (C=N–C) groups is 1. The van der Waals surface area contributed by atoms with Gasteiger partial charge in [-0.2, -0.15) is 0 Å². The van der Waals surface area contributed by atoms with Crippen molar-refractivity contribution in [3.63, 3.8) is 0 Å². The molecule has 0 spiro atoms. The Bertz CT molecular complexity index is 773. The third kappa shape index (κ3) is 4.51. The van der Waals surface area contributed by atoms with E-state index in [-0.39, 0.29) is 12.4 Å². The van der Waals surface area contributed by atoms with Gasteiger partial charge in [0.15, 0.2) is 0 Å². The Labute approximate surface area is 153 Å². The lowest BCUT2D eigenvalue weighted by Gasteiger charge is -2.13. The molecule has 0 saturated carbocycles. The van der Waals surface area contributed by atoms with Crippen LogP contribution in [0.5, 0.6) is 11.5 Å². The smallest absolute Gasteiger partial charge is 0.343 e. The van der Waals surface area contributed by atoms with Crippen molar-refractivity contribution in [2.75, 3.05) is 19.0 Å².